The lowest BCUT2D eigenvalue weighted by Crippen LogP contribution is -2.40. The number of likely N-dealkylation sites (N-methyl/N-ethyl adjacent to an activating group) is 1. The van der Waals surface area contributed by atoms with E-state index in [2.05, 4.69) is 5.32 Å². The van der Waals surface area contributed by atoms with Gasteiger partial charge in [-0.25, -0.2) is 0 Å². The van der Waals surface area contributed by atoms with Gasteiger partial charge in [-0.1, -0.05) is 23.2 Å². The Bertz CT molecular complexity index is 494. The second-order valence-electron chi connectivity index (χ2n) is 4.10. The van der Waals surface area contributed by atoms with E-state index in [1.807, 2.05) is 0 Å². The topological polar surface area (TPSA) is 69.6 Å². The molecular weight excluding hydrogens is 291 g/mol. The summed E-state index contributed by atoms with van der Waals surface area (Å²) in [6.45, 7) is 1.44. The average Bonchev–Trinajstić information content (AvgIpc) is 2.32. The van der Waals surface area contributed by atoms with Crippen molar-refractivity contribution in [3.8, 4) is 0 Å². The number of amides is 1. The highest BCUT2D eigenvalue weighted by atomic mass is 35.5. The number of hydrogen-bond donors (Lipinski definition) is 2. The zero-order chi connectivity index (χ0) is 14.6. The third-order valence-electron chi connectivity index (χ3n) is 2.61. The largest absolute Gasteiger partial charge is 0.480 e. The van der Waals surface area contributed by atoms with Gasteiger partial charge in [0, 0.05) is 5.02 Å². The SMILES string of the molecule is CC(C(=O)O)N(C)CC(=O)Nc1cc(Cl)ccc1Cl. The van der Waals surface area contributed by atoms with Crippen LogP contribution in [0, 0.1) is 0 Å². The van der Waals surface area contributed by atoms with Gasteiger partial charge in [-0.05, 0) is 32.2 Å². The number of aliphatic carboxylic acids is 1. The average molecular weight is 305 g/mol. The summed E-state index contributed by atoms with van der Waals surface area (Å²) in [5.41, 5.74) is 0.399. The molecule has 0 saturated carbocycles. The van der Waals surface area contributed by atoms with Crippen molar-refractivity contribution in [2.75, 3.05) is 18.9 Å². The van der Waals surface area contributed by atoms with Crippen molar-refractivity contribution in [1.82, 2.24) is 4.90 Å². The summed E-state index contributed by atoms with van der Waals surface area (Å²) in [6, 6.07) is 3.96. The minimum absolute atomic E-state index is 0.0592. The Balaban J connectivity index is 2.65. The summed E-state index contributed by atoms with van der Waals surface area (Å²) >= 11 is 11.7. The van der Waals surface area contributed by atoms with Crippen LogP contribution in [0.1, 0.15) is 6.92 Å². The lowest BCUT2D eigenvalue weighted by Gasteiger charge is -2.20. The summed E-state index contributed by atoms with van der Waals surface area (Å²) in [6.07, 6.45) is 0. The predicted octanol–water partition coefficient (Wildman–Crippen LogP) is 2.34. The van der Waals surface area contributed by atoms with Crippen molar-refractivity contribution in [1.29, 1.82) is 0 Å². The van der Waals surface area contributed by atoms with Crippen LogP contribution in [0.2, 0.25) is 10.0 Å². The van der Waals surface area contributed by atoms with Gasteiger partial charge >= 0.3 is 5.97 Å². The molecule has 0 aromatic heterocycles. The summed E-state index contributed by atoms with van der Waals surface area (Å²) in [7, 11) is 1.55. The first-order valence-electron chi connectivity index (χ1n) is 5.49. The van der Waals surface area contributed by atoms with E-state index in [-0.39, 0.29) is 12.5 Å². The van der Waals surface area contributed by atoms with E-state index < -0.39 is 12.0 Å². The van der Waals surface area contributed by atoms with E-state index in [1.54, 1.807) is 19.2 Å². The van der Waals surface area contributed by atoms with Crippen LogP contribution < -0.4 is 5.32 Å². The van der Waals surface area contributed by atoms with Gasteiger partial charge in [0.05, 0.1) is 17.3 Å². The van der Waals surface area contributed by atoms with Gasteiger partial charge in [-0.3, -0.25) is 14.5 Å². The lowest BCUT2D eigenvalue weighted by atomic mass is 10.3. The molecule has 1 rings (SSSR count). The highest BCUT2D eigenvalue weighted by Gasteiger charge is 2.19. The van der Waals surface area contributed by atoms with Crippen LogP contribution in [-0.2, 0) is 9.59 Å². The number of carboxylic acid groups (broad SMARTS) is 1. The van der Waals surface area contributed by atoms with Crippen molar-refractivity contribution in [2.24, 2.45) is 0 Å². The molecule has 1 aromatic carbocycles. The van der Waals surface area contributed by atoms with E-state index in [9.17, 15) is 9.59 Å². The molecule has 5 nitrogen and oxygen atoms in total. The number of hydrogen-bond acceptors (Lipinski definition) is 3. The maximum Gasteiger partial charge on any atom is 0.320 e. The number of halogens is 2. The minimum Gasteiger partial charge on any atom is -0.480 e. The van der Waals surface area contributed by atoms with Crippen molar-refractivity contribution in [3.63, 3.8) is 0 Å². The monoisotopic (exact) mass is 304 g/mol. The molecule has 0 fully saturated rings. The third kappa shape index (κ3) is 4.70. The zero-order valence-electron chi connectivity index (χ0n) is 10.5. The smallest absolute Gasteiger partial charge is 0.320 e. The summed E-state index contributed by atoms with van der Waals surface area (Å²) in [4.78, 5) is 23.9. The van der Waals surface area contributed by atoms with Crippen molar-refractivity contribution < 1.29 is 14.7 Å². The van der Waals surface area contributed by atoms with Crippen LogP contribution in [0.15, 0.2) is 18.2 Å². The number of rotatable bonds is 5. The first kappa shape index (κ1) is 15.8. The van der Waals surface area contributed by atoms with E-state index >= 15 is 0 Å². The quantitative estimate of drug-likeness (QED) is 0.876. The Labute approximate surface area is 121 Å². The fourth-order valence-corrected chi connectivity index (χ4v) is 1.67. The van der Waals surface area contributed by atoms with Crippen molar-refractivity contribution in [2.45, 2.75) is 13.0 Å². The van der Waals surface area contributed by atoms with E-state index in [1.165, 1.54) is 17.9 Å². The molecule has 1 unspecified atom stereocenters. The highest BCUT2D eigenvalue weighted by molar-refractivity contribution is 6.35. The minimum atomic E-state index is -0.990. The van der Waals surface area contributed by atoms with Crippen molar-refractivity contribution in [3.05, 3.63) is 28.2 Å². The van der Waals surface area contributed by atoms with Gasteiger partial charge in [0.15, 0.2) is 0 Å². The van der Waals surface area contributed by atoms with Crippen LogP contribution in [0.3, 0.4) is 0 Å². The second-order valence-corrected chi connectivity index (χ2v) is 4.95. The molecule has 0 aliphatic carbocycles. The number of carbonyl (C=O) groups is 2. The molecule has 0 spiro atoms. The molecule has 7 heteroatoms. The summed E-state index contributed by atoms with van der Waals surface area (Å²) < 4.78 is 0. The maximum absolute atomic E-state index is 11.8. The molecule has 0 radical (unpaired) electrons. The molecule has 19 heavy (non-hydrogen) atoms. The van der Waals surface area contributed by atoms with Crippen LogP contribution in [0.5, 0.6) is 0 Å². The van der Waals surface area contributed by atoms with E-state index in [0.29, 0.717) is 15.7 Å². The maximum atomic E-state index is 11.8. The van der Waals surface area contributed by atoms with Crippen LogP contribution in [-0.4, -0.2) is 41.5 Å². The fourth-order valence-electron chi connectivity index (χ4n) is 1.34. The molecule has 1 atom stereocenters. The van der Waals surface area contributed by atoms with Crippen LogP contribution in [0.4, 0.5) is 5.69 Å². The highest BCUT2D eigenvalue weighted by Crippen LogP contribution is 2.25. The van der Waals surface area contributed by atoms with Gasteiger partial charge in [-0.2, -0.15) is 0 Å². The second kappa shape index (κ2) is 6.75. The molecule has 2 N–H and O–H groups in total. The van der Waals surface area contributed by atoms with Crippen molar-refractivity contribution >= 4 is 40.8 Å². The molecule has 1 aromatic rings. The Hall–Kier alpha value is -1.30. The van der Waals surface area contributed by atoms with Crippen LogP contribution in [0.25, 0.3) is 0 Å². The van der Waals surface area contributed by atoms with Gasteiger partial charge in [0.25, 0.3) is 0 Å². The molecular formula is C12H14Cl2N2O3. The fraction of sp³-hybridized carbons (Fsp3) is 0.333. The van der Waals surface area contributed by atoms with E-state index in [0.717, 1.165) is 0 Å². The molecule has 104 valence electrons. The number of anilines is 1. The number of nitrogens with zero attached hydrogens (tertiary/aromatic N) is 1. The third-order valence-corrected chi connectivity index (χ3v) is 3.18. The molecule has 0 bridgehead atoms. The number of carboxylic acids is 1. The molecule has 0 aliphatic heterocycles. The molecule has 0 heterocycles. The lowest BCUT2D eigenvalue weighted by molar-refractivity contribution is -0.142. The zero-order valence-corrected chi connectivity index (χ0v) is 12.0. The summed E-state index contributed by atoms with van der Waals surface area (Å²) in [5.74, 6) is -1.35. The predicted molar refractivity (Wildman–Crippen MR) is 74.8 cm³/mol. The molecule has 0 aliphatic rings. The number of benzene rings is 1. The Morgan fingerprint density at radius 2 is 2.05 bits per heavy atom. The van der Waals surface area contributed by atoms with E-state index in [4.69, 9.17) is 28.3 Å². The normalized spacial score (nSPS) is 12.3. The van der Waals surface area contributed by atoms with Gasteiger partial charge in [0.1, 0.15) is 6.04 Å². The molecule has 1 amide bonds. The first-order chi connectivity index (χ1) is 8.81. The number of carbonyl (C=O) groups excluding carboxylic acids is 1. The van der Waals surface area contributed by atoms with Crippen LogP contribution >= 0.6 is 23.2 Å². The van der Waals surface area contributed by atoms with Gasteiger partial charge in [0.2, 0.25) is 5.91 Å². The van der Waals surface area contributed by atoms with Gasteiger partial charge in [-0.15, -0.1) is 0 Å². The standard InChI is InChI=1S/C12H14Cl2N2O3/c1-7(12(18)19)16(2)6-11(17)15-10-5-8(13)3-4-9(10)14/h3-5,7H,6H2,1-2H3,(H,15,17)(H,18,19). The van der Waals surface area contributed by atoms with Gasteiger partial charge < -0.3 is 10.4 Å². The summed E-state index contributed by atoms with van der Waals surface area (Å²) in [5, 5.41) is 12.2. The molecule has 0 saturated heterocycles. The number of nitrogens with one attached hydrogen (secondary N) is 1. The Kier molecular flexibility index (Phi) is 5.60. The Morgan fingerprint density at radius 1 is 1.42 bits per heavy atom. The first-order valence-corrected chi connectivity index (χ1v) is 6.25. The Morgan fingerprint density at radius 3 is 2.63 bits per heavy atom.